The molecule has 1 unspecified atom stereocenters. The summed E-state index contributed by atoms with van der Waals surface area (Å²) in [6.45, 7) is -0.344. The van der Waals surface area contributed by atoms with Gasteiger partial charge in [-0.15, -0.1) is 0 Å². The molecule has 1 aliphatic rings. The van der Waals surface area contributed by atoms with E-state index in [2.05, 4.69) is 15.1 Å². The Kier molecular flexibility index (Phi) is 7.14. The summed E-state index contributed by atoms with van der Waals surface area (Å²) < 4.78 is 79.5. The van der Waals surface area contributed by atoms with E-state index in [0.29, 0.717) is 11.6 Å². The molecule has 4 aromatic rings. The third kappa shape index (κ3) is 5.45. The number of carboxylic acids is 1. The highest BCUT2D eigenvalue weighted by molar-refractivity contribution is 7.92. The third-order valence-corrected chi connectivity index (χ3v) is 8.05. The van der Waals surface area contributed by atoms with E-state index in [-0.39, 0.29) is 53.3 Å². The van der Waals surface area contributed by atoms with Gasteiger partial charge in [0, 0.05) is 18.2 Å². The number of fused-ring (bicyclic) bond motifs is 1. The van der Waals surface area contributed by atoms with E-state index in [4.69, 9.17) is 26.0 Å². The molecule has 1 aliphatic heterocycles. The fourth-order valence-corrected chi connectivity index (χ4v) is 5.80. The maximum absolute atomic E-state index is 13.7. The highest BCUT2D eigenvalue weighted by Gasteiger charge is 2.37. The van der Waals surface area contributed by atoms with Crippen molar-refractivity contribution >= 4 is 33.3 Å². The number of benzene rings is 2. The highest BCUT2D eigenvalue weighted by Crippen LogP contribution is 2.41. The minimum atomic E-state index is -4.77. The minimum Gasteiger partial charge on any atom is -0.486 e. The monoisotopic (exact) mass is 594 g/mol. The number of pyridine rings is 1. The maximum atomic E-state index is 13.7. The average Bonchev–Trinajstić information content (AvgIpc) is 3.41. The summed E-state index contributed by atoms with van der Waals surface area (Å²) in [4.78, 5) is 18.9. The van der Waals surface area contributed by atoms with Crippen LogP contribution < -0.4 is 9.04 Å². The number of hydrogen-bond acceptors (Lipinski definition) is 8. The van der Waals surface area contributed by atoms with Crippen molar-refractivity contribution in [2.75, 3.05) is 10.8 Å². The van der Waals surface area contributed by atoms with Gasteiger partial charge in [0.25, 0.3) is 15.9 Å². The molecular weight excluding hydrogens is 577 g/mol. The molecule has 0 bridgehead atoms. The first-order chi connectivity index (χ1) is 18.9. The van der Waals surface area contributed by atoms with Crippen LogP contribution in [-0.2, 0) is 21.0 Å². The molecule has 2 aromatic carbocycles. The lowest BCUT2D eigenvalue weighted by Crippen LogP contribution is -2.43. The summed E-state index contributed by atoms with van der Waals surface area (Å²) in [5.41, 5.74) is -0.591. The number of nitrogens with zero attached hydrogens (tertiary/aromatic N) is 4. The number of sulfonamides is 1. The molecule has 1 atom stereocenters. The third-order valence-electron chi connectivity index (χ3n) is 5.97. The Morgan fingerprint density at radius 2 is 1.95 bits per heavy atom. The lowest BCUT2D eigenvalue weighted by atomic mass is 10.1. The number of aromatic nitrogens is 3. The van der Waals surface area contributed by atoms with Gasteiger partial charge in [-0.25, -0.2) is 13.4 Å². The Morgan fingerprint density at radius 1 is 1.15 bits per heavy atom. The van der Waals surface area contributed by atoms with Gasteiger partial charge >= 0.3 is 12.1 Å². The molecule has 0 saturated heterocycles. The summed E-state index contributed by atoms with van der Waals surface area (Å²) in [7, 11) is -4.56. The lowest BCUT2D eigenvalue weighted by Gasteiger charge is -2.35. The van der Waals surface area contributed by atoms with E-state index >= 15 is 0 Å². The van der Waals surface area contributed by atoms with E-state index in [1.807, 2.05) is 0 Å². The van der Waals surface area contributed by atoms with Crippen LogP contribution in [0, 0.1) is 0 Å². The van der Waals surface area contributed by atoms with Gasteiger partial charge in [0.15, 0.2) is 0 Å². The Balaban J connectivity index is 1.57. The minimum absolute atomic E-state index is 0.00343. The molecule has 0 spiro atoms. The predicted molar refractivity (Wildman–Crippen MR) is 135 cm³/mol. The van der Waals surface area contributed by atoms with Crippen molar-refractivity contribution < 1.29 is 40.8 Å². The summed E-state index contributed by atoms with van der Waals surface area (Å²) >= 11 is 6.15. The molecule has 15 heteroatoms. The number of ether oxygens (including phenoxy) is 1. The van der Waals surface area contributed by atoms with Gasteiger partial charge in [-0.05, 0) is 55.0 Å². The van der Waals surface area contributed by atoms with Gasteiger partial charge < -0.3 is 14.4 Å². The fraction of sp³-hybridized carbons (Fsp3) is 0.200. The number of rotatable bonds is 7. The van der Waals surface area contributed by atoms with Gasteiger partial charge in [-0.1, -0.05) is 22.8 Å². The number of aliphatic carboxylic acids is 1. The molecule has 208 valence electrons. The van der Waals surface area contributed by atoms with Crippen molar-refractivity contribution in [2.45, 2.75) is 30.0 Å². The van der Waals surface area contributed by atoms with Crippen LogP contribution >= 0.6 is 11.6 Å². The Bertz CT molecular complexity index is 1700. The molecule has 0 saturated carbocycles. The second-order valence-corrected chi connectivity index (χ2v) is 10.9. The molecule has 0 amide bonds. The number of carboxylic acid groups (broad SMARTS) is 1. The van der Waals surface area contributed by atoms with E-state index < -0.39 is 38.7 Å². The van der Waals surface area contributed by atoms with Gasteiger partial charge in [-0.3, -0.25) is 9.10 Å². The number of alkyl halides is 3. The van der Waals surface area contributed by atoms with Crippen molar-refractivity contribution in [3.8, 4) is 28.7 Å². The summed E-state index contributed by atoms with van der Waals surface area (Å²) in [6.07, 6.45) is -4.50. The maximum Gasteiger partial charge on any atom is 0.416 e. The van der Waals surface area contributed by atoms with Crippen LogP contribution in [0.5, 0.6) is 5.75 Å². The van der Waals surface area contributed by atoms with Crippen molar-refractivity contribution in [1.82, 2.24) is 15.1 Å². The Labute approximate surface area is 230 Å². The van der Waals surface area contributed by atoms with Crippen molar-refractivity contribution in [2.24, 2.45) is 0 Å². The smallest absolute Gasteiger partial charge is 0.416 e. The lowest BCUT2D eigenvalue weighted by molar-refractivity contribution is -0.138. The van der Waals surface area contributed by atoms with Gasteiger partial charge in [0.05, 0.1) is 27.7 Å². The predicted octanol–water partition coefficient (Wildman–Crippen LogP) is 5.29. The molecule has 5 rings (SSSR count). The van der Waals surface area contributed by atoms with Crippen LogP contribution in [0.25, 0.3) is 23.0 Å². The molecular formula is C25H18ClF3N4O6S. The van der Waals surface area contributed by atoms with E-state index in [1.165, 1.54) is 24.4 Å². The van der Waals surface area contributed by atoms with Crippen LogP contribution in [0.2, 0.25) is 5.02 Å². The summed E-state index contributed by atoms with van der Waals surface area (Å²) in [6, 6.07) is 10.9. The van der Waals surface area contributed by atoms with Crippen LogP contribution in [-0.4, -0.2) is 47.3 Å². The highest BCUT2D eigenvalue weighted by atomic mass is 35.5. The molecule has 2 aromatic heterocycles. The Morgan fingerprint density at radius 3 is 2.67 bits per heavy atom. The van der Waals surface area contributed by atoms with Crippen LogP contribution in [0.3, 0.4) is 0 Å². The van der Waals surface area contributed by atoms with Gasteiger partial charge in [-0.2, -0.15) is 18.2 Å². The first-order valence-electron chi connectivity index (χ1n) is 11.6. The summed E-state index contributed by atoms with van der Waals surface area (Å²) in [5.74, 6) is -0.962. The first-order valence-corrected chi connectivity index (χ1v) is 13.4. The number of hydrogen-bond donors (Lipinski definition) is 1. The standard InChI is InChI=1S/C25H18ClF3N4O6S/c26-18-5-2-10-30-22(18)24-31-23(32-39-24)14-6-8-20-19(11-14)33(13-16(38-20)7-9-21(34)35)40(36,37)17-4-1-3-15(12-17)25(27,28)29/h1-6,8,10-12,16H,7,9,13H2,(H,34,35). The number of halogens is 4. The topological polar surface area (TPSA) is 136 Å². The zero-order valence-electron chi connectivity index (χ0n) is 20.2. The zero-order chi connectivity index (χ0) is 28.7. The summed E-state index contributed by atoms with van der Waals surface area (Å²) in [5, 5.41) is 13.3. The molecule has 10 nitrogen and oxygen atoms in total. The van der Waals surface area contributed by atoms with Crippen LogP contribution in [0.4, 0.5) is 18.9 Å². The quantitative estimate of drug-likeness (QED) is 0.302. The first kappa shape index (κ1) is 27.4. The van der Waals surface area contributed by atoms with Crippen molar-refractivity contribution in [3.05, 3.63) is 71.4 Å². The van der Waals surface area contributed by atoms with Crippen molar-refractivity contribution in [1.29, 1.82) is 0 Å². The molecule has 1 N–H and O–H groups in total. The molecule has 0 radical (unpaired) electrons. The fourth-order valence-electron chi connectivity index (χ4n) is 4.05. The van der Waals surface area contributed by atoms with Crippen LogP contribution in [0.15, 0.2) is 70.2 Å². The molecule has 3 heterocycles. The average molecular weight is 595 g/mol. The zero-order valence-corrected chi connectivity index (χ0v) is 21.7. The number of anilines is 1. The molecule has 0 fully saturated rings. The second kappa shape index (κ2) is 10.4. The normalized spacial score (nSPS) is 15.4. The van der Waals surface area contributed by atoms with E-state index in [0.717, 1.165) is 22.5 Å². The van der Waals surface area contributed by atoms with Gasteiger partial charge in [0.1, 0.15) is 17.5 Å². The molecule has 40 heavy (non-hydrogen) atoms. The largest absolute Gasteiger partial charge is 0.486 e. The Hall–Kier alpha value is -4.17. The van der Waals surface area contributed by atoms with Gasteiger partial charge in [0.2, 0.25) is 5.82 Å². The van der Waals surface area contributed by atoms with E-state index in [1.54, 1.807) is 12.1 Å². The van der Waals surface area contributed by atoms with E-state index in [9.17, 15) is 26.4 Å². The number of carbonyl (C=O) groups is 1. The van der Waals surface area contributed by atoms with Crippen LogP contribution in [0.1, 0.15) is 18.4 Å². The SMILES string of the molecule is O=C(O)CCC1CN(S(=O)(=O)c2cccc(C(F)(F)F)c2)c2cc(-c3noc(-c4ncccc4Cl)n3)ccc2O1. The van der Waals surface area contributed by atoms with Crippen molar-refractivity contribution in [3.63, 3.8) is 0 Å². The second-order valence-electron chi connectivity index (χ2n) is 8.67. The molecule has 0 aliphatic carbocycles.